The Labute approximate surface area is 239 Å². The lowest BCUT2D eigenvalue weighted by molar-refractivity contribution is 1.24. The number of nitrogens with one attached hydrogen (secondary N) is 2. The molecule has 2 N–H and O–H groups in total. The van der Waals surface area contributed by atoms with Gasteiger partial charge in [0.25, 0.3) is 0 Å². The molecule has 0 fully saturated rings. The second-order valence-corrected chi connectivity index (χ2v) is 11.1. The third-order valence-corrected chi connectivity index (χ3v) is 8.72. The van der Waals surface area contributed by atoms with Crippen LogP contribution in [-0.2, 0) is 0 Å². The second kappa shape index (κ2) is 9.11. The molecule has 0 unspecified atom stereocenters. The number of rotatable bonds is 3. The van der Waals surface area contributed by atoms with Crippen LogP contribution in [0.5, 0.6) is 0 Å². The molecule has 6 heteroatoms. The highest BCUT2D eigenvalue weighted by atomic mass is 32.1. The highest BCUT2D eigenvalue weighted by Crippen LogP contribution is 2.40. The van der Waals surface area contributed by atoms with Crippen molar-refractivity contribution in [3.8, 4) is 33.9 Å². The van der Waals surface area contributed by atoms with E-state index in [0.29, 0.717) is 5.82 Å². The molecule has 0 bridgehead atoms. The maximum Gasteiger partial charge on any atom is 0.160 e. The van der Waals surface area contributed by atoms with E-state index in [0.717, 1.165) is 65.7 Å². The van der Waals surface area contributed by atoms with Crippen LogP contribution >= 0.6 is 11.3 Å². The molecule has 7 aromatic rings. The fourth-order valence-corrected chi connectivity index (χ4v) is 6.71. The van der Waals surface area contributed by atoms with Crippen LogP contribution in [0.25, 0.3) is 71.2 Å². The van der Waals surface area contributed by atoms with E-state index in [9.17, 15) is 0 Å². The maximum absolute atomic E-state index is 8.66. The van der Waals surface area contributed by atoms with Gasteiger partial charge in [0, 0.05) is 43.3 Å². The van der Waals surface area contributed by atoms with Gasteiger partial charge in [-0.2, -0.15) is 0 Å². The third-order valence-electron chi connectivity index (χ3n) is 7.55. The van der Waals surface area contributed by atoms with Gasteiger partial charge >= 0.3 is 0 Å². The minimum Gasteiger partial charge on any atom is -0.299 e. The standard InChI is InChI=1S/C35H21N5S/c36-26-19-18-25-29(30(26)37)23-10-4-6-12-27(23)38-31(25)20-14-16-21(17-15-20)32-34-33(24-11-5-7-13-28(24)41-34)40-35(39-32)22-8-2-1-3-9-22/h1-19,36-37H. The van der Waals surface area contributed by atoms with E-state index in [1.807, 2.05) is 60.7 Å². The van der Waals surface area contributed by atoms with Crippen molar-refractivity contribution in [2.45, 2.75) is 0 Å². The van der Waals surface area contributed by atoms with Gasteiger partial charge in [0.2, 0.25) is 0 Å². The minimum atomic E-state index is 0.209. The Kier molecular flexibility index (Phi) is 5.23. The summed E-state index contributed by atoms with van der Waals surface area (Å²) in [5.41, 5.74) is 8.49. The number of fused-ring (bicyclic) bond motifs is 6. The number of para-hydroxylation sites is 1. The summed E-state index contributed by atoms with van der Waals surface area (Å²) in [7, 11) is 0. The third kappa shape index (κ3) is 3.72. The molecule has 1 aliphatic rings. The van der Waals surface area contributed by atoms with Crippen molar-refractivity contribution < 1.29 is 0 Å². The lowest BCUT2D eigenvalue weighted by Crippen LogP contribution is -2.17. The SMILES string of the molecule is N=C1C=Cc2c(-c3ccc(-c4nc(-c5ccccc5)nc5c4sc4ccccc45)cc3)nc3ccccc3c2C1=N. The van der Waals surface area contributed by atoms with Crippen LogP contribution in [-0.4, -0.2) is 26.4 Å². The van der Waals surface area contributed by atoms with E-state index >= 15 is 0 Å². The van der Waals surface area contributed by atoms with Gasteiger partial charge in [-0.25, -0.2) is 15.0 Å². The predicted molar refractivity (Wildman–Crippen MR) is 170 cm³/mol. The van der Waals surface area contributed by atoms with Gasteiger partial charge in [0.1, 0.15) is 0 Å². The number of hydrogen-bond donors (Lipinski definition) is 2. The summed E-state index contributed by atoms with van der Waals surface area (Å²) in [6, 6.07) is 34.7. The number of nitrogens with zero attached hydrogens (tertiary/aromatic N) is 3. The monoisotopic (exact) mass is 543 g/mol. The Morgan fingerprint density at radius 2 is 1.24 bits per heavy atom. The van der Waals surface area contributed by atoms with E-state index in [1.54, 1.807) is 17.4 Å². The van der Waals surface area contributed by atoms with E-state index in [2.05, 4.69) is 48.5 Å². The van der Waals surface area contributed by atoms with Crippen LogP contribution in [0, 0.1) is 10.8 Å². The summed E-state index contributed by atoms with van der Waals surface area (Å²) in [5, 5.41) is 18.9. The van der Waals surface area contributed by atoms with Gasteiger partial charge < -0.3 is 0 Å². The number of hydrogen-bond acceptors (Lipinski definition) is 6. The largest absolute Gasteiger partial charge is 0.299 e. The fourth-order valence-electron chi connectivity index (χ4n) is 5.55. The Bertz CT molecular complexity index is 2230. The number of pyridine rings is 1. The van der Waals surface area contributed by atoms with Gasteiger partial charge in [-0.15, -0.1) is 11.3 Å². The van der Waals surface area contributed by atoms with Crippen LogP contribution in [0.4, 0.5) is 0 Å². The van der Waals surface area contributed by atoms with Crippen LogP contribution < -0.4 is 0 Å². The molecule has 1 aliphatic carbocycles. The molecule has 3 heterocycles. The molecule has 0 saturated carbocycles. The van der Waals surface area contributed by atoms with Crippen molar-refractivity contribution >= 4 is 60.0 Å². The summed E-state index contributed by atoms with van der Waals surface area (Å²) in [6.07, 6.45) is 3.60. The van der Waals surface area contributed by atoms with E-state index in [-0.39, 0.29) is 11.4 Å². The van der Waals surface area contributed by atoms with Gasteiger partial charge in [0.05, 0.1) is 38.5 Å². The lowest BCUT2D eigenvalue weighted by atomic mass is 9.88. The second-order valence-electron chi connectivity index (χ2n) is 10.0. The number of benzene rings is 4. The molecule has 0 aliphatic heterocycles. The Hall–Kier alpha value is -5.33. The molecule has 0 saturated heterocycles. The lowest BCUT2D eigenvalue weighted by Gasteiger charge is -2.19. The van der Waals surface area contributed by atoms with Gasteiger partial charge in [-0.3, -0.25) is 10.8 Å². The van der Waals surface area contributed by atoms with E-state index < -0.39 is 0 Å². The van der Waals surface area contributed by atoms with Gasteiger partial charge in [-0.05, 0) is 24.3 Å². The molecule has 0 spiro atoms. The van der Waals surface area contributed by atoms with Crippen molar-refractivity contribution in [1.29, 1.82) is 10.8 Å². The van der Waals surface area contributed by atoms with Crippen LogP contribution in [0.2, 0.25) is 0 Å². The van der Waals surface area contributed by atoms with Crippen molar-refractivity contribution in [2.24, 2.45) is 0 Å². The smallest absolute Gasteiger partial charge is 0.160 e. The normalized spacial score (nSPS) is 12.9. The molecule has 41 heavy (non-hydrogen) atoms. The first-order valence-corrected chi connectivity index (χ1v) is 14.1. The molecule has 192 valence electrons. The highest BCUT2D eigenvalue weighted by Gasteiger charge is 2.23. The summed E-state index contributed by atoms with van der Waals surface area (Å²) in [5.74, 6) is 0.706. The molecule has 4 aromatic carbocycles. The first-order valence-electron chi connectivity index (χ1n) is 13.3. The summed E-state index contributed by atoms with van der Waals surface area (Å²) in [6.45, 7) is 0. The first kappa shape index (κ1) is 23.5. The van der Waals surface area contributed by atoms with E-state index in [4.69, 9.17) is 25.8 Å². The maximum atomic E-state index is 8.66. The van der Waals surface area contributed by atoms with Crippen molar-refractivity contribution in [1.82, 2.24) is 15.0 Å². The zero-order valence-corrected chi connectivity index (χ0v) is 22.5. The zero-order valence-electron chi connectivity index (χ0n) is 21.7. The zero-order chi connectivity index (χ0) is 27.5. The molecular weight excluding hydrogens is 522 g/mol. The Morgan fingerprint density at radius 1 is 0.561 bits per heavy atom. The summed E-state index contributed by atoms with van der Waals surface area (Å²) in [4.78, 5) is 15.1. The van der Waals surface area contributed by atoms with Crippen molar-refractivity contribution in [2.75, 3.05) is 0 Å². The molecule has 3 aromatic heterocycles. The number of allylic oxidation sites excluding steroid dienone is 1. The fraction of sp³-hybridized carbons (Fsp3) is 0. The Balaban J connectivity index is 1.32. The van der Waals surface area contributed by atoms with Gasteiger partial charge in [0.15, 0.2) is 5.82 Å². The number of thiophene rings is 1. The topological polar surface area (TPSA) is 86.4 Å². The van der Waals surface area contributed by atoms with Crippen LogP contribution in [0.15, 0.2) is 109 Å². The van der Waals surface area contributed by atoms with Crippen LogP contribution in [0.3, 0.4) is 0 Å². The highest BCUT2D eigenvalue weighted by molar-refractivity contribution is 7.26. The van der Waals surface area contributed by atoms with Crippen molar-refractivity contribution in [3.63, 3.8) is 0 Å². The van der Waals surface area contributed by atoms with Gasteiger partial charge in [-0.1, -0.05) is 91.0 Å². The molecular formula is C35H21N5S. The molecule has 8 rings (SSSR count). The molecule has 0 atom stereocenters. The molecule has 5 nitrogen and oxygen atoms in total. The quantitative estimate of drug-likeness (QED) is 0.233. The number of aromatic nitrogens is 3. The average molecular weight is 544 g/mol. The Morgan fingerprint density at radius 3 is 2.05 bits per heavy atom. The van der Waals surface area contributed by atoms with E-state index in [1.165, 1.54) is 4.70 Å². The molecule has 0 radical (unpaired) electrons. The first-order chi connectivity index (χ1) is 20.2. The minimum absolute atomic E-state index is 0.209. The van der Waals surface area contributed by atoms with Crippen molar-refractivity contribution in [3.05, 3.63) is 120 Å². The van der Waals surface area contributed by atoms with Crippen LogP contribution in [0.1, 0.15) is 11.1 Å². The summed E-state index contributed by atoms with van der Waals surface area (Å²) >= 11 is 1.72. The average Bonchev–Trinajstić information content (AvgIpc) is 3.41. The summed E-state index contributed by atoms with van der Waals surface area (Å²) < 4.78 is 2.25. The molecule has 0 amide bonds. The predicted octanol–water partition coefficient (Wildman–Crippen LogP) is 8.81.